The molecule has 0 radical (unpaired) electrons. The second kappa shape index (κ2) is 11.0. The van der Waals surface area contributed by atoms with Crippen LogP contribution in [0, 0.1) is 5.92 Å². The number of para-hydroxylation sites is 1. The van der Waals surface area contributed by atoms with Crippen LogP contribution < -0.4 is 20.9 Å². The average molecular weight is 530 g/mol. The van der Waals surface area contributed by atoms with Crippen LogP contribution in [0.2, 0.25) is 5.02 Å². The first kappa shape index (κ1) is 25.4. The molecule has 0 spiro atoms. The third kappa shape index (κ3) is 5.39. The van der Waals surface area contributed by atoms with Crippen molar-refractivity contribution in [1.82, 2.24) is 20.3 Å². The maximum absolute atomic E-state index is 13.3. The van der Waals surface area contributed by atoms with Crippen LogP contribution in [0.3, 0.4) is 0 Å². The van der Waals surface area contributed by atoms with Crippen LogP contribution in [0.1, 0.15) is 6.42 Å². The molecule has 4 N–H and O–H groups in total. The highest BCUT2D eigenvalue weighted by Crippen LogP contribution is 2.32. The Labute approximate surface area is 225 Å². The van der Waals surface area contributed by atoms with Gasteiger partial charge in [-0.05, 0) is 42.8 Å². The van der Waals surface area contributed by atoms with Crippen LogP contribution in [0.25, 0.3) is 22.2 Å². The number of hydrogen-bond acceptors (Lipinski definition) is 6. The molecule has 2 aromatic heterocycles. The van der Waals surface area contributed by atoms with E-state index in [0.717, 1.165) is 22.2 Å². The van der Waals surface area contributed by atoms with E-state index in [9.17, 15) is 9.59 Å². The fourth-order valence-corrected chi connectivity index (χ4v) is 4.87. The standard InChI is InChI=1S/C28H28ClN7O2/c1-3-25(37)33-18-8-10-20(11-9-18)36(2)27(38)17-12-19(14-30-13-17)34-28-32-16-23(29)26(35-28)22-15-31-24-7-5-4-6-21(22)24/h3-11,15-17,19,30-31H,1,12-14H2,2H3,(H,33,37)(H,32,34,35)/t17-,19-/m1/s1. The van der Waals surface area contributed by atoms with Crippen molar-refractivity contribution in [2.45, 2.75) is 12.5 Å². The van der Waals surface area contributed by atoms with E-state index < -0.39 is 0 Å². The van der Waals surface area contributed by atoms with Gasteiger partial charge in [-0.15, -0.1) is 0 Å². The minimum absolute atomic E-state index is 0.00313. The number of carbonyl (C=O) groups is 2. The van der Waals surface area contributed by atoms with Crippen molar-refractivity contribution < 1.29 is 9.59 Å². The van der Waals surface area contributed by atoms with Crippen molar-refractivity contribution >= 4 is 51.6 Å². The lowest BCUT2D eigenvalue weighted by Crippen LogP contribution is -2.49. The van der Waals surface area contributed by atoms with Gasteiger partial charge in [0.05, 0.1) is 22.8 Å². The Hall–Kier alpha value is -4.21. The van der Waals surface area contributed by atoms with Gasteiger partial charge in [-0.1, -0.05) is 36.4 Å². The van der Waals surface area contributed by atoms with E-state index in [1.54, 1.807) is 42.4 Å². The van der Waals surface area contributed by atoms with Crippen molar-refractivity contribution in [1.29, 1.82) is 0 Å². The number of nitrogens with one attached hydrogen (secondary N) is 4. The molecule has 1 saturated heterocycles. The van der Waals surface area contributed by atoms with Crippen LogP contribution in [-0.2, 0) is 9.59 Å². The van der Waals surface area contributed by atoms with Crippen molar-refractivity contribution in [3.8, 4) is 11.3 Å². The molecule has 0 saturated carbocycles. The number of fused-ring (bicyclic) bond motifs is 1. The molecule has 3 heterocycles. The van der Waals surface area contributed by atoms with Crippen molar-refractivity contribution in [3.63, 3.8) is 0 Å². The number of piperidine rings is 1. The van der Waals surface area contributed by atoms with Crippen molar-refractivity contribution in [2.24, 2.45) is 5.92 Å². The molecule has 38 heavy (non-hydrogen) atoms. The molecule has 2 aromatic carbocycles. The molecule has 1 fully saturated rings. The first-order valence-corrected chi connectivity index (χ1v) is 12.7. The van der Waals surface area contributed by atoms with E-state index in [1.165, 1.54) is 6.08 Å². The minimum Gasteiger partial charge on any atom is -0.360 e. The predicted molar refractivity (Wildman–Crippen MR) is 151 cm³/mol. The van der Waals surface area contributed by atoms with Crippen molar-refractivity contribution in [3.05, 3.63) is 78.6 Å². The highest BCUT2D eigenvalue weighted by molar-refractivity contribution is 6.33. The monoisotopic (exact) mass is 529 g/mol. The lowest BCUT2D eigenvalue weighted by atomic mass is 9.94. The topological polar surface area (TPSA) is 115 Å². The van der Waals surface area contributed by atoms with E-state index in [0.29, 0.717) is 41.9 Å². The lowest BCUT2D eigenvalue weighted by molar-refractivity contribution is -0.122. The summed E-state index contributed by atoms with van der Waals surface area (Å²) < 4.78 is 0. The van der Waals surface area contributed by atoms with Gasteiger partial charge in [0, 0.05) is 60.2 Å². The summed E-state index contributed by atoms with van der Waals surface area (Å²) in [5.74, 6) is -0.0532. The lowest BCUT2D eigenvalue weighted by Gasteiger charge is -2.32. The number of aromatic nitrogens is 3. The number of halogens is 1. The second-order valence-corrected chi connectivity index (χ2v) is 9.61. The molecular weight excluding hydrogens is 502 g/mol. The summed E-state index contributed by atoms with van der Waals surface area (Å²) in [7, 11) is 1.76. The molecule has 0 aliphatic carbocycles. The van der Waals surface area contributed by atoms with E-state index in [1.807, 2.05) is 30.5 Å². The minimum atomic E-state index is -0.285. The SMILES string of the molecule is C=CC(=O)Nc1ccc(N(C)C(=O)[C@H]2CNC[C@H](Nc3ncc(Cl)c(-c4c[nH]c5ccccc45)n3)C2)cc1. The number of hydrogen-bond donors (Lipinski definition) is 4. The summed E-state index contributed by atoms with van der Waals surface area (Å²) in [5, 5.41) is 10.9. The Morgan fingerprint density at radius 3 is 2.74 bits per heavy atom. The van der Waals surface area contributed by atoms with Crippen LogP contribution in [0.15, 0.2) is 73.6 Å². The van der Waals surface area contributed by atoms with Crippen LogP contribution in [0.4, 0.5) is 17.3 Å². The molecule has 0 unspecified atom stereocenters. The Morgan fingerprint density at radius 1 is 1.16 bits per heavy atom. The number of rotatable bonds is 7. The van der Waals surface area contributed by atoms with Gasteiger partial charge in [-0.2, -0.15) is 0 Å². The maximum atomic E-state index is 13.3. The zero-order valence-corrected chi connectivity index (χ0v) is 21.6. The largest absolute Gasteiger partial charge is 0.360 e. The van der Waals surface area contributed by atoms with Gasteiger partial charge in [-0.3, -0.25) is 9.59 Å². The second-order valence-electron chi connectivity index (χ2n) is 9.21. The molecule has 5 rings (SSSR count). The highest BCUT2D eigenvalue weighted by Gasteiger charge is 2.30. The molecule has 9 nitrogen and oxygen atoms in total. The third-order valence-electron chi connectivity index (χ3n) is 6.66. The first-order valence-electron chi connectivity index (χ1n) is 12.3. The maximum Gasteiger partial charge on any atom is 0.247 e. The number of nitrogens with zero attached hydrogens (tertiary/aromatic N) is 3. The van der Waals surface area contributed by atoms with Crippen molar-refractivity contribution in [2.75, 3.05) is 35.7 Å². The van der Waals surface area contributed by atoms with Crippen LogP contribution in [-0.4, -0.2) is 52.9 Å². The van der Waals surface area contributed by atoms with Gasteiger partial charge < -0.3 is 25.8 Å². The molecule has 0 bridgehead atoms. The molecule has 4 aromatic rings. The summed E-state index contributed by atoms with van der Waals surface area (Å²) >= 11 is 6.48. The van der Waals surface area contributed by atoms with Gasteiger partial charge >= 0.3 is 0 Å². The first-order chi connectivity index (χ1) is 18.4. The smallest absolute Gasteiger partial charge is 0.247 e. The summed E-state index contributed by atoms with van der Waals surface area (Å²) in [6, 6.07) is 15.1. The zero-order chi connectivity index (χ0) is 26.6. The summed E-state index contributed by atoms with van der Waals surface area (Å²) in [4.78, 5) is 38.8. The number of amides is 2. The highest BCUT2D eigenvalue weighted by atomic mass is 35.5. The summed E-state index contributed by atoms with van der Waals surface area (Å²) in [6.45, 7) is 4.71. The Morgan fingerprint density at radius 2 is 1.95 bits per heavy atom. The summed E-state index contributed by atoms with van der Waals surface area (Å²) in [6.07, 6.45) is 5.33. The van der Waals surface area contributed by atoms with Gasteiger partial charge in [0.1, 0.15) is 0 Å². The van der Waals surface area contributed by atoms with Gasteiger partial charge in [0.25, 0.3) is 0 Å². The molecule has 2 atom stereocenters. The van der Waals surface area contributed by atoms with E-state index >= 15 is 0 Å². The normalized spacial score (nSPS) is 17.1. The quantitative estimate of drug-likeness (QED) is 0.263. The average Bonchev–Trinajstić information content (AvgIpc) is 3.38. The number of aromatic amines is 1. The third-order valence-corrected chi connectivity index (χ3v) is 6.94. The molecule has 2 amide bonds. The van der Waals surface area contributed by atoms with Gasteiger partial charge in [-0.25, -0.2) is 9.97 Å². The number of benzene rings is 2. The zero-order valence-electron chi connectivity index (χ0n) is 20.9. The molecule has 10 heteroatoms. The van der Waals surface area contributed by atoms with Gasteiger partial charge in [0.2, 0.25) is 17.8 Å². The van der Waals surface area contributed by atoms with E-state index in [4.69, 9.17) is 16.6 Å². The van der Waals surface area contributed by atoms with Crippen LogP contribution in [0.5, 0.6) is 0 Å². The van der Waals surface area contributed by atoms with E-state index in [-0.39, 0.29) is 23.8 Å². The van der Waals surface area contributed by atoms with Crippen LogP contribution >= 0.6 is 11.6 Å². The fraction of sp³-hybridized carbons (Fsp3) is 0.214. The molecular formula is C28H28ClN7O2. The fourth-order valence-electron chi connectivity index (χ4n) is 4.68. The number of carbonyl (C=O) groups excluding carboxylic acids is 2. The Kier molecular flexibility index (Phi) is 7.39. The predicted octanol–water partition coefficient (Wildman–Crippen LogP) is 4.46. The molecule has 1 aliphatic heterocycles. The Balaban J connectivity index is 1.26. The number of anilines is 3. The Bertz CT molecular complexity index is 1480. The summed E-state index contributed by atoms with van der Waals surface area (Å²) in [5.41, 5.74) is 3.93. The van der Waals surface area contributed by atoms with E-state index in [2.05, 4.69) is 32.5 Å². The van der Waals surface area contributed by atoms with Gasteiger partial charge in [0.15, 0.2) is 0 Å². The number of H-pyrrole nitrogens is 1. The molecule has 194 valence electrons. The molecule has 1 aliphatic rings.